The lowest BCUT2D eigenvalue weighted by molar-refractivity contribution is -0.113. The summed E-state index contributed by atoms with van der Waals surface area (Å²) < 4.78 is 34.1. The summed E-state index contributed by atoms with van der Waals surface area (Å²) in [6.07, 6.45) is 0. The van der Waals surface area contributed by atoms with Gasteiger partial charge in [-0.1, -0.05) is 11.8 Å². The van der Waals surface area contributed by atoms with Gasteiger partial charge in [0.1, 0.15) is 0 Å². The number of benzene rings is 2. The van der Waals surface area contributed by atoms with Crippen LogP contribution in [-0.4, -0.2) is 79.5 Å². The number of hydrogen-bond donors (Lipinski definition) is 1. The van der Waals surface area contributed by atoms with Crippen LogP contribution in [0.15, 0.2) is 58.6 Å². The number of rotatable bonds is 8. The number of hydrogen-bond acceptors (Lipinski definition) is 8. The summed E-state index contributed by atoms with van der Waals surface area (Å²) in [5.41, 5.74) is 2.51. The fraction of sp³-hybridized carbons (Fsp3) is 0.348. The summed E-state index contributed by atoms with van der Waals surface area (Å²) in [5, 5.41) is 11.9. The minimum Gasteiger partial charge on any atom is -0.379 e. The number of carbonyl (C=O) groups excluding carboxylic acids is 1. The van der Waals surface area contributed by atoms with E-state index in [-0.39, 0.29) is 16.6 Å². The Labute approximate surface area is 209 Å². The second-order valence-electron chi connectivity index (χ2n) is 8.18. The van der Waals surface area contributed by atoms with Crippen LogP contribution in [0.3, 0.4) is 0 Å². The number of nitrogens with zero attached hydrogens (tertiary/aromatic N) is 5. The molecule has 2 aromatic carbocycles. The van der Waals surface area contributed by atoms with E-state index >= 15 is 0 Å². The van der Waals surface area contributed by atoms with Crippen molar-refractivity contribution in [3.05, 3.63) is 48.5 Å². The van der Waals surface area contributed by atoms with Gasteiger partial charge in [-0.25, -0.2) is 8.42 Å². The first kappa shape index (κ1) is 25.2. The number of sulfonamides is 1. The van der Waals surface area contributed by atoms with Gasteiger partial charge >= 0.3 is 0 Å². The Kier molecular flexibility index (Phi) is 7.75. The summed E-state index contributed by atoms with van der Waals surface area (Å²) in [6, 6.07) is 14.2. The fourth-order valence-corrected chi connectivity index (χ4v) is 5.69. The molecule has 0 spiro atoms. The second-order valence-corrected chi connectivity index (χ2v) is 11.1. The highest BCUT2D eigenvalue weighted by molar-refractivity contribution is 7.99. The van der Waals surface area contributed by atoms with Crippen molar-refractivity contribution in [2.75, 3.05) is 56.4 Å². The molecule has 1 aliphatic rings. The Morgan fingerprint density at radius 3 is 2.34 bits per heavy atom. The predicted molar refractivity (Wildman–Crippen MR) is 136 cm³/mol. The third-order valence-corrected chi connectivity index (χ3v) is 8.49. The van der Waals surface area contributed by atoms with Gasteiger partial charge in [0.2, 0.25) is 15.9 Å². The molecule has 4 rings (SSSR count). The van der Waals surface area contributed by atoms with Crippen LogP contribution < -0.4 is 10.2 Å². The Morgan fingerprint density at radius 2 is 1.71 bits per heavy atom. The topological polar surface area (TPSA) is 110 Å². The van der Waals surface area contributed by atoms with Crippen LogP contribution in [-0.2, 0) is 26.6 Å². The molecular weight excluding hydrogens is 488 g/mol. The molecule has 0 saturated carbocycles. The lowest BCUT2D eigenvalue weighted by Crippen LogP contribution is -2.40. The summed E-state index contributed by atoms with van der Waals surface area (Å²) >= 11 is 1.28. The molecule has 35 heavy (non-hydrogen) atoms. The van der Waals surface area contributed by atoms with Gasteiger partial charge in [0.25, 0.3) is 0 Å². The van der Waals surface area contributed by atoms with Crippen molar-refractivity contribution < 1.29 is 17.9 Å². The number of amides is 1. The minimum atomic E-state index is -3.56. The van der Waals surface area contributed by atoms with Crippen LogP contribution in [0.4, 0.5) is 11.4 Å². The second kappa shape index (κ2) is 10.8. The van der Waals surface area contributed by atoms with Crippen LogP contribution in [0.25, 0.3) is 11.4 Å². The van der Waals surface area contributed by atoms with Crippen molar-refractivity contribution in [1.82, 2.24) is 19.1 Å². The van der Waals surface area contributed by atoms with Gasteiger partial charge in [0, 0.05) is 51.2 Å². The number of morpholine rings is 1. The highest BCUT2D eigenvalue weighted by atomic mass is 32.2. The van der Waals surface area contributed by atoms with Gasteiger partial charge in [-0.15, -0.1) is 10.2 Å². The van der Waals surface area contributed by atoms with Gasteiger partial charge in [-0.05, 0) is 48.5 Å². The van der Waals surface area contributed by atoms with E-state index in [4.69, 9.17) is 4.74 Å². The maximum atomic E-state index is 12.8. The third-order valence-electron chi connectivity index (χ3n) is 5.56. The van der Waals surface area contributed by atoms with Crippen molar-refractivity contribution in [3.8, 4) is 11.4 Å². The van der Waals surface area contributed by atoms with E-state index in [0.717, 1.165) is 16.9 Å². The molecule has 186 valence electrons. The molecule has 0 atom stereocenters. The lowest BCUT2D eigenvalue weighted by atomic mass is 10.2. The van der Waals surface area contributed by atoms with Crippen molar-refractivity contribution in [2.45, 2.75) is 10.1 Å². The van der Waals surface area contributed by atoms with E-state index in [1.165, 1.54) is 16.1 Å². The molecule has 0 bridgehead atoms. The van der Waals surface area contributed by atoms with Crippen LogP contribution in [0.5, 0.6) is 0 Å². The molecule has 2 heterocycles. The van der Waals surface area contributed by atoms with Crippen molar-refractivity contribution in [2.24, 2.45) is 7.05 Å². The van der Waals surface area contributed by atoms with Crippen molar-refractivity contribution in [3.63, 3.8) is 0 Å². The number of aromatic nitrogens is 3. The standard InChI is InChI=1S/C23H28N6O4S2/c1-27(2)19-8-6-18(7-9-19)24-21(30)16-34-23-26-25-22(28(23)3)17-4-10-20(11-5-17)35(31,32)29-12-14-33-15-13-29/h4-11H,12-16H2,1-3H3,(H,24,30). The average molecular weight is 517 g/mol. The average Bonchev–Trinajstić information content (AvgIpc) is 3.23. The van der Waals surface area contributed by atoms with E-state index < -0.39 is 10.0 Å². The number of anilines is 2. The number of nitrogens with one attached hydrogen (secondary N) is 1. The molecule has 12 heteroatoms. The Bertz CT molecular complexity index is 1270. The van der Waals surface area contributed by atoms with E-state index in [1.54, 1.807) is 28.8 Å². The van der Waals surface area contributed by atoms with Gasteiger partial charge in [0.05, 0.1) is 23.9 Å². The van der Waals surface area contributed by atoms with E-state index in [9.17, 15) is 13.2 Å². The summed E-state index contributed by atoms with van der Waals surface area (Å²) in [7, 11) is 2.18. The quantitative estimate of drug-likeness (QED) is 0.454. The minimum absolute atomic E-state index is 0.144. The van der Waals surface area contributed by atoms with Gasteiger partial charge < -0.3 is 19.5 Å². The maximum absolute atomic E-state index is 12.8. The molecule has 0 radical (unpaired) electrons. The molecule has 1 aromatic heterocycles. The molecule has 0 unspecified atom stereocenters. The highest BCUT2D eigenvalue weighted by Crippen LogP contribution is 2.25. The smallest absolute Gasteiger partial charge is 0.243 e. The molecule has 3 aromatic rings. The van der Waals surface area contributed by atoms with Crippen LogP contribution in [0.2, 0.25) is 0 Å². The molecule has 1 fully saturated rings. The van der Waals surface area contributed by atoms with E-state index in [1.807, 2.05) is 50.3 Å². The van der Waals surface area contributed by atoms with Crippen LogP contribution in [0, 0.1) is 0 Å². The van der Waals surface area contributed by atoms with Crippen molar-refractivity contribution >= 4 is 39.1 Å². The van der Waals surface area contributed by atoms with E-state index in [2.05, 4.69) is 15.5 Å². The summed E-state index contributed by atoms with van der Waals surface area (Å²) in [4.78, 5) is 14.6. The Balaban J connectivity index is 1.38. The first-order valence-corrected chi connectivity index (χ1v) is 13.5. The summed E-state index contributed by atoms with van der Waals surface area (Å²) in [5.74, 6) is 0.621. The molecule has 1 aliphatic heterocycles. The molecular formula is C23H28N6O4S2. The molecule has 1 amide bonds. The predicted octanol–water partition coefficient (Wildman–Crippen LogP) is 2.30. The molecule has 0 aliphatic carbocycles. The first-order valence-electron chi connectivity index (χ1n) is 11.0. The third kappa shape index (κ3) is 5.84. The van der Waals surface area contributed by atoms with Crippen LogP contribution in [0.1, 0.15) is 0 Å². The zero-order valence-electron chi connectivity index (χ0n) is 19.8. The highest BCUT2D eigenvalue weighted by Gasteiger charge is 2.26. The van der Waals surface area contributed by atoms with Crippen LogP contribution >= 0.6 is 11.8 Å². The first-order chi connectivity index (χ1) is 16.8. The van der Waals surface area contributed by atoms with Gasteiger partial charge in [-0.3, -0.25) is 4.79 Å². The fourth-order valence-electron chi connectivity index (χ4n) is 3.57. The maximum Gasteiger partial charge on any atom is 0.243 e. The Hall–Kier alpha value is -2.93. The molecule has 1 N–H and O–H groups in total. The summed E-state index contributed by atoms with van der Waals surface area (Å²) in [6.45, 7) is 1.50. The normalized spacial score (nSPS) is 14.6. The van der Waals surface area contributed by atoms with E-state index in [0.29, 0.717) is 37.3 Å². The monoisotopic (exact) mass is 516 g/mol. The lowest BCUT2D eigenvalue weighted by Gasteiger charge is -2.26. The van der Waals surface area contributed by atoms with Crippen molar-refractivity contribution in [1.29, 1.82) is 0 Å². The zero-order chi connectivity index (χ0) is 25.0. The molecule has 10 nitrogen and oxygen atoms in total. The Morgan fingerprint density at radius 1 is 1.06 bits per heavy atom. The SMILES string of the molecule is CN(C)c1ccc(NC(=O)CSc2nnc(-c3ccc(S(=O)(=O)N4CCOCC4)cc3)n2C)cc1. The zero-order valence-corrected chi connectivity index (χ0v) is 21.5. The number of thioether (sulfide) groups is 1. The molecule has 1 saturated heterocycles. The number of carbonyl (C=O) groups is 1. The number of ether oxygens (including phenoxy) is 1. The largest absolute Gasteiger partial charge is 0.379 e. The van der Waals surface area contributed by atoms with Gasteiger partial charge in [0.15, 0.2) is 11.0 Å². The van der Waals surface area contributed by atoms with Gasteiger partial charge in [-0.2, -0.15) is 4.31 Å².